The summed E-state index contributed by atoms with van der Waals surface area (Å²) in [4.78, 5) is 2.36. The van der Waals surface area contributed by atoms with Gasteiger partial charge in [-0.25, -0.2) is 0 Å². The second kappa shape index (κ2) is 14.5. The molecule has 0 fully saturated rings. The summed E-state index contributed by atoms with van der Waals surface area (Å²) in [6.45, 7) is 0. The van der Waals surface area contributed by atoms with Crippen molar-refractivity contribution < 1.29 is 11.0 Å². The first-order chi connectivity index (χ1) is 35.7. The average Bonchev–Trinajstić information content (AvgIpc) is 3.91. The first-order valence-corrected chi connectivity index (χ1v) is 22.7. The first kappa shape index (κ1) is 30.2. The smallest absolute Gasteiger partial charge is 0.0726 e. The van der Waals surface area contributed by atoms with Crippen molar-refractivity contribution in [1.29, 1.82) is 0 Å². The molecule has 0 saturated heterocycles. The van der Waals surface area contributed by atoms with E-state index in [1.165, 1.54) is 44.5 Å². The van der Waals surface area contributed by atoms with Crippen LogP contribution in [0.15, 0.2) is 224 Å². The van der Waals surface area contributed by atoms with Crippen LogP contribution in [-0.4, -0.2) is 0 Å². The van der Waals surface area contributed by atoms with Crippen molar-refractivity contribution in [2.45, 2.75) is 30.9 Å². The molecule has 0 N–H and O–H groups in total. The number of fused-ring (bicyclic) bond motifs is 12. The number of rotatable bonds is 7. The summed E-state index contributed by atoms with van der Waals surface area (Å²) in [6.07, 6.45) is -8.39. The van der Waals surface area contributed by atoms with Crippen molar-refractivity contribution in [3.63, 3.8) is 0 Å². The van der Waals surface area contributed by atoms with Crippen LogP contribution in [0.2, 0.25) is 0 Å². The maximum atomic E-state index is 8.67. The molecule has 0 atom stereocenters. The highest BCUT2D eigenvalue weighted by atomic mass is 15.1. The van der Waals surface area contributed by atoms with E-state index in [1.807, 2.05) is 48.5 Å². The topological polar surface area (TPSA) is 3.24 Å². The normalized spacial score (nSPS) is 18.8. The van der Waals surface area contributed by atoms with Gasteiger partial charge in [0.15, 0.2) is 0 Å². The molecule has 0 aliphatic heterocycles. The minimum Gasteiger partial charge on any atom is -0.309 e. The van der Waals surface area contributed by atoms with Gasteiger partial charge in [-0.2, -0.15) is 0 Å². The summed E-state index contributed by atoms with van der Waals surface area (Å²) < 4.78 is 68.6. The SMILES string of the molecule is [2H]C1([2H])c2ccc(-c3ccc(N(c4ccc5c(c4)C4(c6ccccc6-c6ccccc64)c4ccccc4-5)c4ccc(-c5ccc6c(c5)C([2H])([2H])C6([2H])[2H])cc4-c4ccccc4)c(-c4ccccc4)c3)cc2C1([2H])[2H]. The van der Waals surface area contributed by atoms with Gasteiger partial charge in [-0.15, -0.1) is 0 Å². The Balaban J connectivity index is 1.04. The highest BCUT2D eigenvalue weighted by Gasteiger charge is 2.51. The van der Waals surface area contributed by atoms with Crippen molar-refractivity contribution in [3.05, 3.63) is 269 Å². The van der Waals surface area contributed by atoms with Crippen LogP contribution in [0.5, 0.6) is 0 Å². The van der Waals surface area contributed by atoms with E-state index < -0.39 is 30.9 Å². The predicted molar refractivity (Wildman–Crippen MR) is 274 cm³/mol. The van der Waals surface area contributed by atoms with Gasteiger partial charge in [0.1, 0.15) is 0 Å². The Hall–Kier alpha value is -8.00. The number of nitrogens with zero attached hydrogens (tertiary/aromatic N) is 1. The molecule has 0 unspecified atom stereocenters. The van der Waals surface area contributed by atoms with Gasteiger partial charge in [0.25, 0.3) is 0 Å². The summed E-state index contributed by atoms with van der Waals surface area (Å²) in [6, 6.07) is 77.6. The third kappa shape index (κ3) is 5.47. The van der Waals surface area contributed by atoms with E-state index in [0.717, 1.165) is 61.6 Å². The molecule has 4 aliphatic carbocycles. The minimum absolute atomic E-state index is 0.366. The molecule has 0 heterocycles. The maximum absolute atomic E-state index is 8.67. The molecule has 14 rings (SSSR count). The fourth-order valence-corrected chi connectivity index (χ4v) is 11.2. The molecule has 0 bridgehead atoms. The van der Waals surface area contributed by atoms with Gasteiger partial charge in [-0.3, -0.25) is 0 Å². The van der Waals surface area contributed by atoms with E-state index >= 15 is 0 Å². The lowest BCUT2D eigenvalue weighted by Crippen LogP contribution is -2.26. The van der Waals surface area contributed by atoms with Crippen molar-refractivity contribution in [2.75, 3.05) is 4.90 Å². The van der Waals surface area contributed by atoms with Gasteiger partial charge in [-0.05, 0) is 162 Å². The Morgan fingerprint density at radius 1 is 0.288 bits per heavy atom. The van der Waals surface area contributed by atoms with Crippen LogP contribution in [0, 0.1) is 0 Å². The Morgan fingerprint density at radius 3 is 1.17 bits per heavy atom. The quantitative estimate of drug-likeness (QED) is 0.154. The van der Waals surface area contributed by atoms with Crippen molar-refractivity contribution in [1.82, 2.24) is 0 Å². The van der Waals surface area contributed by atoms with Crippen LogP contribution < -0.4 is 4.90 Å². The third-order valence-electron chi connectivity index (χ3n) is 14.3. The Morgan fingerprint density at radius 2 is 0.682 bits per heavy atom. The molecular weight excluding hydrogens is 795 g/mol. The highest BCUT2D eigenvalue weighted by molar-refractivity contribution is 6.00. The number of aryl methyl sites for hydroxylation is 4. The highest BCUT2D eigenvalue weighted by Crippen LogP contribution is 2.63. The van der Waals surface area contributed by atoms with Gasteiger partial charge in [0.05, 0.1) is 16.8 Å². The van der Waals surface area contributed by atoms with Gasteiger partial charge >= 0.3 is 0 Å². The molecule has 0 radical (unpaired) electrons. The maximum Gasteiger partial charge on any atom is 0.0726 e. The molecule has 10 aromatic rings. The van der Waals surface area contributed by atoms with E-state index in [9.17, 15) is 0 Å². The lowest BCUT2D eigenvalue weighted by Gasteiger charge is -2.33. The zero-order valence-electron chi connectivity index (χ0n) is 43.8. The van der Waals surface area contributed by atoms with E-state index in [0.29, 0.717) is 22.3 Å². The number of hydrogen-bond acceptors (Lipinski definition) is 1. The van der Waals surface area contributed by atoms with E-state index in [1.54, 1.807) is 24.3 Å². The molecule has 0 saturated carbocycles. The van der Waals surface area contributed by atoms with Gasteiger partial charge in [0, 0.05) is 27.8 Å². The molecule has 1 spiro atoms. The summed E-state index contributed by atoms with van der Waals surface area (Å²) in [5.74, 6) is 0. The van der Waals surface area contributed by atoms with Crippen molar-refractivity contribution in [2.24, 2.45) is 0 Å². The number of hydrogen-bond donors (Lipinski definition) is 0. The van der Waals surface area contributed by atoms with Crippen molar-refractivity contribution in [3.8, 4) is 66.8 Å². The van der Waals surface area contributed by atoms with Crippen LogP contribution in [0.1, 0.15) is 55.5 Å². The monoisotopic (exact) mass is 847 g/mol. The van der Waals surface area contributed by atoms with Crippen LogP contribution in [-0.2, 0) is 30.9 Å². The summed E-state index contributed by atoms with van der Waals surface area (Å²) in [5.41, 5.74) is 20.4. The molecule has 0 amide bonds. The second-order valence-corrected chi connectivity index (χ2v) is 17.7. The molecule has 10 aromatic carbocycles. The predicted octanol–water partition coefficient (Wildman–Crippen LogP) is 16.4. The lowest BCUT2D eigenvalue weighted by molar-refractivity contribution is 0.793. The van der Waals surface area contributed by atoms with Crippen LogP contribution in [0.4, 0.5) is 17.1 Å². The average molecular weight is 848 g/mol. The molecule has 0 aromatic heterocycles. The first-order valence-electron chi connectivity index (χ1n) is 26.7. The Kier molecular flexibility index (Phi) is 6.64. The molecule has 1 heteroatoms. The third-order valence-corrected chi connectivity index (χ3v) is 14.3. The standard InChI is InChI=1S/C65H45N/c1-3-13-44(14-4-1)57-39-50(48-29-25-42-23-27-46(42)37-48)31-35-63(57)66(64-36-32-51(40-58(64)45-15-5-2-6-16-45)49-30-26-43-24-28-47(43)38-49)52-33-34-56-55-19-9-12-22-61(55)65(62(56)41-52)59-20-10-7-17-53(59)54-18-8-11-21-60(54)65/h1-22,25-26,29-41H,23-24,27-28H2/i23D2,24D2,27D2,28D2. The fourth-order valence-electron chi connectivity index (χ4n) is 11.2. The zero-order valence-corrected chi connectivity index (χ0v) is 35.8. The molecule has 66 heavy (non-hydrogen) atoms. The Bertz CT molecular complexity index is 3770. The Labute approximate surface area is 398 Å². The van der Waals surface area contributed by atoms with Gasteiger partial charge < -0.3 is 4.90 Å². The molecule has 1 nitrogen and oxygen atoms in total. The second-order valence-electron chi connectivity index (χ2n) is 17.7. The largest absolute Gasteiger partial charge is 0.309 e. The van der Waals surface area contributed by atoms with E-state index in [-0.39, 0.29) is 0 Å². The van der Waals surface area contributed by atoms with Crippen LogP contribution in [0.3, 0.4) is 0 Å². The summed E-state index contributed by atoms with van der Waals surface area (Å²) >= 11 is 0. The lowest BCUT2D eigenvalue weighted by atomic mass is 9.70. The summed E-state index contributed by atoms with van der Waals surface area (Å²) in [7, 11) is 0. The number of anilines is 3. The number of benzene rings is 10. The van der Waals surface area contributed by atoms with Crippen LogP contribution in [0.25, 0.3) is 66.8 Å². The molecular formula is C65H45N. The van der Waals surface area contributed by atoms with Crippen LogP contribution >= 0.6 is 0 Å². The van der Waals surface area contributed by atoms with E-state index in [4.69, 9.17) is 11.0 Å². The minimum atomic E-state index is -2.12. The molecule has 4 aliphatic rings. The van der Waals surface area contributed by atoms with Crippen molar-refractivity contribution >= 4 is 17.1 Å². The zero-order chi connectivity index (χ0) is 50.5. The van der Waals surface area contributed by atoms with Gasteiger partial charge in [-0.1, -0.05) is 188 Å². The van der Waals surface area contributed by atoms with E-state index in [2.05, 4.69) is 157 Å². The fraction of sp³-hybridized carbons (Fsp3) is 0.0769. The molecule has 310 valence electrons. The summed E-state index contributed by atoms with van der Waals surface area (Å²) in [5, 5.41) is 0. The van der Waals surface area contributed by atoms with Gasteiger partial charge in [0.2, 0.25) is 0 Å².